The van der Waals surface area contributed by atoms with Crippen molar-refractivity contribution < 1.29 is 19.4 Å². The highest BCUT2D eigenvalue weighted by atomic mass is 16.5. The Labute approximate surface area is 213 Å². The van der Waals surface area contributed by atoms with E-state index in [-0.39, 0.29) is 34.6 Å². The van der Waals surface area contributed by atoms with Gasteiger partial charge in [0.25, 0.3) is 0 Å². The molecule has 0 aromatic carbocycles. The van der Waals surface area contributed by atoms with Crippen molar-refractivity contribution in [1.29, 1.82) is 0 Å². The smallest absolute Gasteiger partial charge is 0.306 e. The van der Waals surface area contributed by atoms with Crippen LogP contribution in [0, 0.1) is 39.4 Å². The Hall–Kier alpha value is -1.16. The van der Waals surface area contributed by atoms with Gasteiger partial charge in [0.05, 0.1) is 6.10 Å². The minimum Gasteiger partial charge on any atom is -0.462 e. The van der Waals surface area contributed by atoms with Crippen molar-refractivity contribution in [2.75, 3.05) is 0 Å². The molecule has 4 nitrogen and oxygen atoms in total. The second-order valence-electron chi connectivity index (χ2n) is 13.6. The first-order valence-corrected chi connectivity index (χ1v) is 14.5. The molecule has 0 heterocycles. The maximum atomic E-state index is 13.0. The minimum absolute atomic E-state index is 0.0537. The minimum atomic E-state index is -0.890. The Morgan fingerprint density at radius 3 is 2.34 bits per heavy atom. The highest BCUT2D eigenvalue weighted by Crippen LogP contribution is 2.73. The van der Waals surface area contributed by atoms with Gasteiger partial charge in [0, 0.05) is 17.4 Å². The number of aliphatic hydroxyl groups excluding tert-OH is 1. The third kappa shape index (κ3) is 3.96. The largest absolute Gasteiger partial charge is 0.462 e. The Morgan fingerprint density at radius 2 is 1.71 bits per heavy atom. The zero-order valence-corrected chi connectivity index (χ0v) is 23.4. The van der Waals surface area contributed by atoms with E-state index in [1.165, 1.54) is 32.1 Å². The number of allylic oxidation sites excluding steroid dienone is 1. The van der Waals surface area contributed by atoms with Crippen molar-refractivity contribution in [3.05, 3.63) is 11.6 Å². The molecule has 3 saturated carbocycles. The average molecular weight is 487 g/mol. The van der Waals surface area contributed by atoms with E-state index in [0.29, 0.717) is 29.2 Å². The van der Waals surface area contributed by atoms with Gasteiger partial charge in [0.2, 0.25) is 0 Å². The Bertz CT molecular complexity index is 877. The first-order valence-electron chi connectivity index (χ1n) is 14.5. The Balaban J connectivity index is 1.79. The lowest BCUT2D eigenvalue weighted by Crippen LogP contribution is -2.68. The standard InChI is InChI=1S/C31H50O4/c1-8-10-12-26(33)35-25-19-24-29(5)17-11-16-28(4,9-2)22(29)15-18-30(24,6)23-14-13-21(20(3)32)27(34)31(23,25)7/h13,22-25,27,34H,8-12,14-19H2,1-7H3. The molecular formula is C31H50O4. The molecule has 4 aliphatic rings. The molecule has 0 aromatic rings. The lowest BCUT2D eigenvalue weighted by Gasteiger charge is -2.70. The van der Waals surface area contributed by atoms with Crippen LogP contribution in [0.5, 0.6) is 0 Å². The van der Waals surface area contributed by atoms with Crippen LogP contribution in [-0.4, -0.2) is 29.1 Å². The molecule has 198 valence electrons. The molecule has 4 heteroatoms. The van der Waals surface area contributed by atoms with Crippen molar-refractivity contribution in [3.8, 4) is 0 Å². The molecule has 0 saturated heterocycles. The first-order chi connectivity index (χ1) is 16.4. The average Bonchev–Trinajstić information content (AvgIpc) is 2.80. The van der Waals surface area contributed by atoms with Crippen LogP contribution in [0.3, 0.4) is 0 Å². The zero-order chi connectivity index (χ0) is 25.8. The fourth-order valence-corrected chi connectivity index (χ4v) is 9.91. The van der Waals surface area contributed by atoms with Crippen LogP contribution in [-0.2, 0) is 14.3 Å². The summed E-state index contributed by atoms with van der Waals surface area (Å²) in [5.41, 5.74) is 0.501. The van der Waals surface area contributed by atoms with Crippen LogP contribution in [0.4, 0.5) is 0 Å². The molecule has 9 unspecified atom stereocenters. The predicted molar refractivity (Wildman–Crippen MR) is 140 cm³/mol. The number of ether oxygens (including phenoxy) is 1. The van der Waals surface area contributed by atoms with Crippen molar-refractivity contribution in [3.63, 3.8) is 0 Å². The molecule has 0 spiro atoms. The van der Waals surface area contributed by atoms with Crippen molar-refractivity contribution in [2.24, 2.45) is 39.4 Å². The van der Waals surface area contributed by atoms with Gasteiger partial charge >= 0.3 is 5.97 Å². The van der Waals surface area contributed by atoms with Gasteiger partial charge < -0.3 is 9.84 Å². The van der Waals surface area contributed by atoms with Gasteiger partial charge in [0.15, 0.2) is 5.78 Å². The number of fused-ring (bicyclic) bond motifs is 5. The highest BCUT2D eigenvalue weighted by molar-refractivity contribution is 5.94. The third-order valence-corrected chi connectivity index (χ3v) is 12.0. The van der Waals surface area contributed by atoms with E-state index in [1.54, 1.807) is 6.92 Å². The second kappa shape index (κ2) is 9.30. The predicted octanol–water partition coefficient (Wildman–Crippen LogP) is 7.03. The van der Waals surface area contributed by atoms with Crippen LogP contribution in [0.1, 0.15) is 119 Å². The zero-order valence-electron chi connectivity index (χ0n) is 23.4. The summed E-state index contributed by atoms with van der Waals surface area (Å²) in [5.74, 6) is 1.10. The van der Waals surface area contributed by atoms with Gasteiger partial charge in [-0.2, -0.15) is 0 Å². The number of unbranched alkanes of at least 4 members (excludes halogenated alkanes) is 1. The molecule has 0 amide bonds. The number of hydrogen-bond acceptors (Lipinski definition) is 4. The fraction of sp³-hybridized carbons (Fsp3) is 0.871. The van der Waals surface area contributed by atoms with E-state index < -0.39 is 11.5 Å². The van der Waals surface area contributed by atoms with Crippen molar-refractivity contribution in [2.45, 2.75) is 131 Å². The monoisotopic (exact) mass is 486 g/mol. The summed E-state index contributed by atoms with van der Waals surface area (Å²) in [6.45, 7) is 15.6. The molecule has 0 bridgehead atoms. The molecule has 3 fully saturated rings. The van der Waals surface area contributed by atoms with E-state index >= 15 is 0 Å². The number of aliphatic hydroxyl groups is 1. The molecule has 9 atom stereocenters. The molecule has 0 aliphatic heterocycles. The molecule has 4 aliphatic carbocycles. The SMILES string of the molecule is CCCCC(=O)OC1CC2C3(C)CCCC(C)(CC)C3CCC2(C)C2CC=C(C(C)=O)C(O)C12C. The first kappa shape index (κ1) is 26.9. The number of carbonyl (C=O) groups is 2. The number of ketones is 1. The molecule has 4 rings (SSSR count). The van der Waals surface area contributed by atoms with E-state index in [1.807, 2.05) is 6.08 Å². The lowest BCUT2D eigenvalue weighted by atomic mass is 9.35. The molecule has 0 aromatic heterocycles. The van der Waals surface area contributed by atoms with E-state index in [2.05, 4.69) is 41.5 Å². The van der Waals surface area contributed by atoms with Gasteiger partial charge in [0.1, 0.15) is 6.10 Å². The summed E-state index contributed by atoms with van der Waals surface area (Å²) < 4.78 is 6.32. The normalized spacial score (nSPS) is 47.1. The van der Waals surface area contributed by atoms with E-state index in [9.17, 15) is 14.7 Å². The molecule has 0 radical (unpaired) electrons. The van der Waals surface area contributed by atoms with Crippen LogP contribution >= 0.6 is 0 Å². The van der Waals surface area contributed by atoms with Crippen LogP contribution in [0.2, 0.25) is 0 Å². The Morgan fingerprint density at radius 1 is 1.03 bits per heavy atom. The number of carbonyl (C=O) groups excluding carboxylic acids is 2. The number of Topliss-reactive ketones (excluding diaryl/α,β-unsaturated/α-hetero) is 1. The number of esters is 1. The summed E-state index contributed by atoms with van der Waals surface area (Å²) in [7, 11) is 0. The summed E-state index contributed by atoms with van der Waals surface area (Å²) in [5, 5.41) is 11.7. The van der Waals surface area contributed by atoms with Crippen LogP contribution in [0.15, 0.2) is 11.6 Å². The summed E-state index contributed by atoms with van der Waals surface area (Å²) in [4.78, 5) is 25.4. The lowest BCUT2D eigenvalue weighted by molar-refractivity contribution is -0.249. The summed E-state index contributed by atoms with van der Waals surface area (Å²) in [6.07, 6.45) is 12.0. The summed E-state index contributed by atoms with van der Waals surface area (Å²) >= 11 is 0. The highest BCUT2D eigenvalue weighted by Gasteiger charge is 2.69. The fourth-order valence-electron chi connectivity index (χ4n) is 9.91. The maximum Gasteiger partial charge on any atom is 0.306 e. The van der Waals surface area contributed by atoms with Gasteiger partial charge in [-0.05, 0) is 85.9 Å². The van der Waals surface area contributed by atoms with Crippen LogP contribution in [0.25, 0.3) is 0 Å². The van der Waals surface area contributed by atoms with Gasteiger partial charge in [-0.25, -0.2) is 0 Å². The molecule has 1 N–H and O–H groups in total. The van der Waals surface area contributed by atoms with Crippen molar-refractivity contribution in [1.82, 2.24) is 0 Å². The van der Waals surface area contributed by atoms with Gasteiger partial charge in [-0.15, -0.1) is 0 Å². The quantitative estimate of drug-likeness (QED) is 0.409. The van der Waals surface area contributed by atoms with Crippen molar-refractivity contribution >= 4 is 11.8 Å². The van der Waals surface area contributed by atoms with Gasteiger partial charge in [-0.3, -0.25) is 9.59 Å². The van der Waals surface area contributed by atoms with E-state index in [0.717, 1.165) is 32.1 Å². The summed E-state index contributed by atoms with van der Waals surface area (Å²) in [6, 6.07) is 0. The third-order valence-electron chi connectivity index (χ3n) is 12.0. The number of rotatable bonds is 6. The molecular weight excluding hydrogens is 436 g/mol. The Kier molecular flexibility index (Phi) is 7.14. The molecule has 35 heavy (non-hydrogen) atoms. The topological polar surface area (TPSA) is 63.6 Å². The van der Waals surface area contributed by atoms with Crippen LogP contribution < -0.4 is 0 Å². The second-order valence-corrected chi connectivity index (χ2v) is 13.6. The number of hydrogen-bond donors (Lipinski definition) is 1. The van der Waals surface area contributed by atoms with Gasteiger partial charge in [-0.1, -0.05) is 66.9 Å². The van der Waals surface area contributed by atoms with E-state index in [4.69, 9.17) is 4.74 Å². The maximum absolute atomic E-state index is 13.0.